The second kappa shape index (κ2) is 3.69. The van der Waals surface area contributed by atoms with Gasteiger partial charge in [0.1, 0.15) is 0 Å². The monoisotopic (exact) mass is 223 g/mol. The van der Waals surface area contributed by atoms with E-state index < -0.39 is 6.00 Å². The maximum Gasteiger partial charge on any atom is 0.345 e. The summed E-state index contributed by atoms with van der Waals surface area (Å²) < 4.78 is 12.5. The number of halogens is 2. The Balaban J connectivity index is 2.94. The second-order valence-corrected chi connectivity index (χ2v) is 7.03. The van der Waals surface area contributed by atoms with Crippen molar-refractivity contribution in [3.8, 4) is 0 Å². The Morgan fingerprint density at radius 3 is 2.17 bits per heavy atom. The second-order valence-electron chi connectivity index (χ2n) is 2.29. The van der Waals surface area contributed by atoms with E-state index in [-0.39, 0.29) is 0 Å². The van der Waals surface area contributed by atoms with Crippen molar-refractivity contribution in [2.75, 3.05) is 11.7 Å². The predicted octanol–water partition coefficient (Wildman–Crippen LogP) is 3.71. The van der Waals surface area contributed by atoms with Gasteiger partial charge in [-0.2, -0.15) is 0 Å². The van der Waals surface area contributed by atoms with Crippen LogP contribution in [-0.4, -0.2) is 7.05 Å². The predicted molar refractivity (Wildman–Crippen MR) is 54.2 cm³/mol. The van der Waals surface area contributed by atoms with Crippen LogP contribution in [0.4, 0.5) is 5.69 Å². The standard InChI is InChI=1S/C7H8Cl2NOP/c1-10(12(8,9)11)7-5-3-2-4-6-7/h2-6H,1H3. The lowest BCUT2D eigenvalue weighted by Gasteiger charge is -2.19. The summed E-state index contributed by atoms with van der Waals surface area (Å²) in [5.41, 5.74) is 0.742. The van der Waals surface area contributed by atoms with Crippen molar-refractivity contribution in [1.29, 1.82) is 0 Å². The molecule has 0 saturated heterocycles. The maximum atomic E-state index is 11.2. The van der Waals surface area contributed by atoms with Gasteiger partial charge in [-0.15, -0.1) is 0 Å². The Labute approximate surface area is 81.1 Å². The third-order valence-electron chi connectivity index (χ3n) is 1.48. The van der Waals surface area contributed by atoms with E-state index in [4.69, 9.17) is 22.5 Å². The Morgan fingerprint density at radius 2 is 1.75 bits per heavy atom. The van der Waals surface area contributed by atoms with Crippen molar-refractivity contribution in [3.05, 3.63) is 30.3 Å². The van der Waals surface area contributed by atoms with E-state index in [2.05, 4.69) is 0 Å². The van der Waals surface area contributed by atoms with E-state index in [1.807, 2.05) is 18.2 Å². The normalized spacial score (nSPS) is 11.2. The molecule has 0 fully saturated rings. The van der Waals surface area contributed by atoms with Crippen LogP contribution >= 0.6 is 28.5 Å². The first-order chi connectivity index (χ1) is 5.52. The molecule has 0 N–H and O–H groups in total. The first-order valence-corrected chi connectivity index (χ1v) is 6.77. The molecular formula is C7H8Cl2NOP. The number of hydrogen-bond acceptors (Lipinski definition) is 1. The van der Waals surface area contributed by atoms with Crippen molar-refractivity contribution in [2.24, 2.45) is 0 Å². The fourth-order valence-electron chi connectivity index (χ4n) is 0.778. The Hall–Kier alpha value is -0.170. The molecule has 0 amide bonds. The first-order valence-electron chi connectivity index (χ1n) is 3.30. The van der Waals surface area contributed by atoms with Crippen molar-refractivity contribution >= 4 is 34.2 Å². The highest BCUT2D eigenvalue weighted by molar-refractivity contribution is 8.09. The molecular weight excluding hydrogens is 216 g/mol. The van der Waals surface area contributed by atoms with Crippen LogP contribution in [0.2, 0.25) is 0 Å². The molecule has 0 radical (unpaired) electrons. The molecule has 12 heavy (non-hydrogen) atoms. The van der Waals surface area contributed by atoms with Crippen molar-refractivity contribution < 1.29 is 4.57 Å². The summed E-state index contributed by atoms with van der Waals surface area (Å²) in [5.74, 6) is -3.20. The molecule has 0 atom stereocenters. The molecule has 0 spiro atoms. The van der Waals surface area contributed by atoms with E-state index in [9.17, 15) is 4.57 Å². The van der Waals surface area contributed by atoms with Gasteiger partial charge < -0.3 is 4.67 Å². The molecule has 5 heteroatoms. The van der Waals surface area contributed by atoms with Gasteiger partial charge in [0.25, 0.3) is 0 Å². The van der Waals surface area contributed by atoms with Crippen LogP contribution in [0.1, 0.15) is 0 Å². The Bertz CT molecular complexity index is 298. The van der Waals surface area contributed by atoms with Gasteiger partial charge in [-0.05, 0) is 34.6 Å². The molecule has 0 aliphatic carbocycles. The summed E-state index contributed by atoms with van der Waals surface area (Å²) in [4.78, 5) is 0. The van der Waals surface area contributed by atoms with Gasteiger partial charge in [0, 0.05) is 12.7 Å². The van der Waals surface area contributed by atoms with E-state index in [1.54, 1.807) is 19.2 Å². The maximum absolute atomic E-state index is 11.2. The summed E-state index contributed by atoms with van der Waals surface area (Å²) in [6.45, 7) is 0. The lowest BCUT2D eigenvalue weighted by molar-refractivity contribution is 0.591. The SMILES string of the molecule is CN(c1ccccc1)P(=O)(Cl)Cl. The van der Waals surface area contributed by atoms with Crippen LogP contribution in [0.5, 0.6) is 0 Å². The van der Waals surface area contributed by atoms with Gasteiger partial charge in [0.2, 0.25) is 0 Å². The topological polar surface area (TPSA) is 20.3 Å². The minimum Gasteiger partial charge on any atom is -0.302 e. The number of rotatable bonds is 2. The molecule has 0 aliphatic rings. The largest absolute Gasteiger partial charge is 0.345 e. The summed E-state index contributed by atoms with van der Waals surface area (Å²) in [6.07, 6.45) is 0. The lowest BCUT2D eigenvalue weighted by atomic mass is 10.3. The molecule has 0 aliphatic heterocycles. The molecule has 0 aromatic heterocycles. The third kappa shape index (κ3) is 2.41. The molecule has 0 heterocycles. The Kier molecular flexibility index (Phi) is 3.05. The lowest BCUT2D eigenvalue weighted by Crippen LogP contribution is -2.06. The highest BCUT2D eigenvalue weighted by Gasteiger charge is 2.20. The summed E-state index contributed by atoms with van der Waals surface area (Å²) in [5, 5.41) is 0. The number of para-hydroxylation sites is 1. The van der Waals surface area contributed by atoms with Gasteiger partial charge in [-0.1, -0.05) is 18.2 Å². The molecule has 0 unspecified atom stereocenters. The average Bonchev–Trinajstić information content (AvgIpc) is 2.03. The van der Waals surface area contributed by atoms with Crippen molar-refractivity contribution in [3.63, 3.8) is 0 Å². The zero-order valence-electron chi connectivity index (χ0n) is 6.45. The van der Waals surface area contributed by atoms with Crippen molar-refractivity contribution in [2.45, 2.75) is 0 Å². The Morgan fingerprint density at radius 1 is 1.25 bits per heavy atom. The first kappa shape index (κ1) is 9.91. The highest BCUT2D eigenvalue weighted by Crippen LogP contribution is 2.60. The summed E-state index contributed by atoms with van der Waals surface area (Å²) >= 11 is 10.9. The van der Waals surface area contributed by atoms with Crippen LogP contribution in [-0.2, 0) is 4.57 Å². The average molecular weight is 224 g/mol. The molecule has 0 saturated carbocycles. The summed E-state index contributed by atoms with van der Waals surface area (Å²) in [7, 11) is 1.59. The quantitative estimate of drug-likeness (QED) is 0.713. The van der Waals surface area contributed by atoms with E-state index in [1.165, 1.54) is 4.67 Å². The number of nitrogens with zero attached hydrogens (tertiary/aromatic N) is 1. The van der Waals surface area contributed by atoms with Crippen LogP contribution in [0.15, 0.2) is 30.3 Å². The molecule has 1 aromatic carbocycles. The molecule has 66 valence electrons. The number of hydrogen-bond donors (Lipinski definition) is 0. The minimum atomic E-state index is -3.20. The van der Waals surface area contributed by atoms with E-state index >= 15 is 0 Å². The van der Waals surface area contributed by atoms with Crippen LogP contribution in [0.3, 0.4) is 0 Å². The third-order valence-corrected chi connectivity index (χ3v) is 3.77. The van der Waals surface area contributed by atoms with Gasteiger partial charge in [0.05, 0.1) is 0 Å². The molecule has 0 bridgehead atoms. The van der Waals surface area contributed by atoms with E-state index in [0.717, 1.165) is 5.69 Å². The number of anilines is 1. The van der Waals surface area contributed by atoms with Gasteiger partial charge in [-0.25, -0.2) is 0 Å². The molecule has 2 nitrogen and oxygen atoms in total. The minimum absolute atomic E-state index is 0.742. The zero-order chi connectivity index (χ0) is 9.19. The van der Waals surface area contributed by atoms with Crippen LogP contribution in [0.25, 0.3) is 0 Å². The number of benzene rings is 1. The zero-order valence-corrected chi connectivity index (χ0v) is 8.85. The fraction of sp³-hybridized carbons (Fsp3) is 0.143. The molecule has 1 aromatic rings. The van der Waals surface area contributed by atoms with Crippen molar-refractivity contribution in [1.82, 2.24) is 0 Å². The smallest absolute Gasteiger partial charge is 0.302 e. The summed E-state index contributed by atoms with van der Waals surface area (Å²) in [6, 6.07) is 9.10. The van der Waals surface area contributed by atoms with Gasteiger partial charge in [0.15, 0.2) is 0 Å². The highest BCUT2D eigenvalue weighted by atomic mass is 35.9. The fourth-order valence-corrected chi connectivity index (χ4v) is 1.70. The van der Waals surface area contributed by atoms with E-state index in [0.29, 0.717) is 0 Å². The van der Waals surface area contributed by atoms with Crippen LogP contribution < -0.4 is 4.67 Å². The van der Waals surface area contributed by atoms with Gasteiger partial charge >= 0.3 is 6.00 Å². The molecule has 1 rings (SSSR count). The van der Waals surface area contributed by atoms with Gasteiger partial charge in [-0.3, -0.25) is 4.57 Å². The van der Waals surface area contributed by atoms with Crippen LogP contribution in [0, 0.1) is 0 Å².